The van der Waals surface area contributed by atoms with Gasteiger partial charge in [-0.2, -0.15) is 0 Å². The van der Waals surface area contributed by atoms with Crippen LogP contribution in [0.2, 0.25) is 0 Å². The summed E-state index contributed by atoms with van der Waals surface area (Å²) in [4.78, 5) is 13.4. The third-order valence-electron chi connectivity index (χ3n) is 5.50. The van der Waals surface area contributed by atoms with Crippen LogP contribution in [-0.2, 0) is 11.2 Å². The summed E-state index contributed by atoms with van der Waals surface area (Å²) < 4.78 is 9.12. The fourth-order valence-electron chi connectivity index (χ4n) is 3.94. The fraction of sp³-hybridized carbons (Fsp3) is 0.400. The Kier molecular flexibility index (Phi) is 4.20. The number of rotatable bonds is 6. The number of nitrogens with one attached hydrogen (secondary N) is 1. The highest BCUT2D eigenvalue weighted by Gasteiger charge is 2.29. The summed E-state index contributed by atoms with van der Waals surface area (Å²) in [6.45, 7) is 2.94. The smallest absolute Gasteiger partial charge is 0.241 e. The highest BCUT2D eigenvalue weighted by molar-refractivity contribution is 5.79. The first-order valence-electron chi connectivity index (χ1n) is 9.67. The lowest BCUT2D eigenvalue weighted by atomic mass is 9.81. The van der Waals surface area contributed by atoms with E-state index in [4.69, 9.17) is 4.74 Å². The molecular weight excluding hydrogens is 354 g/mol. The van der Waals surface area contributed by atoms with Crippen molar-refractivity contribution in [2.75, 3.05) is 19.0 Å². The molecule has 4 aromatic heterocycles. The molecule has 0 aromatic carbocycles. The van der Waals surface area contributed by atoms with Crippen LogP contribution >= 0.6 is 0 Å². The largest absolute Gasteiger partial charge is 0.384 e. The third-order valence-corrected chi connectivity index (χ3v) is 5.50. The molecule has 1 N–H and O–H groups in total. The van der Waals surface area contributed by atoms with Gasteiger partial charge in [-0.25, -0.2) is 19.5 Å². The van der Waals surface area contributed by atoms with E-state index in [1.807, 2.05) is 33.7 Å². The minimum atomic E-state index is 0.424. The Morgan fingerprint density at radius 2 is 2.04 bits per heavy atom. The molecule has 8 nitrogen and oxygen atoms in total. The van der Waals surface area contributed by atoms with E-state index in [1.165, 1.54) is 0 Å². The Bertz CT molecular complexity index is 1130. The Morgan fingerprint density at radius 1 is 1.18 bits per heavy atom. The van der Waals surface area contributed by atoms with Gasteiger partial charge >= 0.3 is 0 Å². The maximum Gasteiger partial charge on any atom is 0.241 e. The molecule has 0 atom stereocenters. The molecule has 0 spiro atoms. The molecule has 1 aliphatic carbocycles. The number of hydrogen-bond acceptors (Lipinski definition) is 6. The van der Waals surface area contributed by atoms with E-state index < -0.39 is 0 Å². The zero-order valence-electron chi connectivity index (χ0n) is 16.0. The minimum Gasteiger partial charge on any atom is -0.384 e. The Hall–Kier alpha value is -3.00. The molecule has 0 bridgehead atoms. The van der Waals surface area contributed by atoms with Crippen LogP contribution in [0.4, 0.5) is 5.95 Å². The molecule has 28 heavy (non-hydrogen) atoms. The fourth-order valence-corrected chi connectivity index (χ4v) is 3.94. The number of methoxy groups -OCH3 is 1. The van der Waals surface area contributed by atoms with Gasteiger partial charge in [0.1, 0.15) is 0 Å². The summed E-state index contributed by atoms with van der Waals surface area (Å²) in [6, 6.07) is 2.48. The van der Waals surface area contributed by atoms with Crippen molar-refractivity contribution in [1.29, 1.82) is 0 Å². The third kappa shape index (κ3) is 2.90. The SMILES string of the molecule is CCc1cnc2ncc(-c3ccn4nc(N[C@H]5C[C@H](COC)C5)ncc34)cn12. The number of aryl methyl sites for hydroxylation is 1. The van der Waals surface area contributed by atoms with Crippen LogP contribution in [-0.4, -0.2) is 48.7 Å². The Morgan fingerprint density at radius 3 is 2.86 bits per heavy atom. The number of anilines is 1. The van der Waals surface area contributed by atoms with E-state index >= 15 is 0 Å². The van der Waals surface area contributed by atoms with Gasteiger partial charge in [0.15, 0.2) is 0 Å². The zero-order chi connectivity index (χ0) is 19.1. The van der Waals surface area contributed by atoms with Crippen LogP contribution in [0.1, 0.15) is 25.5 Å². The average Bonchev–Trinajstić information content (AvgIpc) is 3.29. The summed E-state index contributed by atoms with van der Waals surface area (Å²) in [5.74, 6) is 2.02. The lowest BCUT2D eigenvalue weighted by Gasteiger charge is -2.35. The molecule has 0 saturated heterocycles. The van der Waals surface area contributed by atoms with Crippen molar-refractivity contribution < 1.29 is 4.74 Å². The van der Waals surface area contributed by atoms with E-state index in [0.29, 0.717) is 17.9 Å². The van der Waals surface area contributed by atoms with E-state index in [2.05, 4.69) is 44.6 Å². The van der Waals surface area contributed by atoms with Crippen LogP contribution in [0.25, 0.3) is 22.4 Å². The van der Waals surface area contributed by atoms with Crippen molar-refractivity contribution in [3.63, 3.8) is 0 Å². The number of imidazole rings is 1. The number of hydrogen-bond donors (Lipinski definition) is 1. The number of aromatic nitrogens is 6. The number of ether oxygens (including phenoxy) is 1. The Balaban J connectivity index is 1.41. The molecule has 1 aliphatic rings. The molecule has 144 valence electrons. The van der Waals surface area contributed by atoms with Gasteiger partial charge in [-0.05, 0) is 31.2 Å². The van der Waals surface area contributed by atoms with Crippen molar-refractivity contribution >= 4 is 17.2 Å². The van der Waals surface area contributed by atoms with Crippen molar-refractivity contribution in [1.82, 2.24) is 29.0 Å². The predicted molar refractivity (Wildman–Crippen MR) is 106 cm³/mol. The van der Waals surface area contributed by atoms with Crippen molar-refractivity contribution in [3.05, 3.63) is 42.7 Å². The van der Waals surface area contributed by atoms with Gasteiger partial charge in [-0.3, -0.25) is 4.40 Å². The molecule has 0 aliphatic heterocycles. The van der Waals surface area contributed by atoms with Gasteiger partial charge in [0.25, 0.3) is 0 Å². The van der Waals surface area contributed by atoms with Crippen LogP contribution in [0.15, 0.2) is 37.1 Å². The first-order chi connectivity index (χ1) is 13.7. The molecule has 0 unspecified atom stereocenters. The number of nitrogens with zero attached hydrogens (tertiary/aromatic N) is 6. The molecule has 8 heteroatoms. The average molecular weight is 377 g/mol. The standard InChI is InChI=1S/C20H23N7O/c1-3-16-9-23-20-22-8-14(11-26(16)20)17-4-5-27-18(17)10-21-19(25-27)24-15-6-13(7-15)12-28-2/h4-5,8-11,13,15H,3,6-7,12H2,1-2H3,(H,24,25)/t13-,15-. The molecule has 5 rings (SSSR count). The van der Waals surface area contributed by atoms with Crippen LogP contribution < -0.4 is 5.32 Å². The van der Waals surface area contributed by atoms with Gasteiger partial charge < -0.3 is 10.1 Å². The molecule has 4 heterocycles. The summed E-state index contributed by atoms with van der Waals surface area (Å²) in [7, 11) is 1.75. The predicted octanol–water partition coefficient (Wildman–Crippen LogP) is 2.84. The Labute approximate surface area is 162 Å². The molecular formula is C20H23N7O. The molecule has 0 radical (unpaired) electrons. The summed E-state index contributed by atoms with van der Waals surface area (Å²) in [5.41, 5.74) is 4.17. The van der Waals surface area contributed by atoms with Crippen molar-refractivity contribution in [3.8, 4) is 11.1 Å². The van der Waals surface area contributed by atoms with Gasteiger partial charge in [-0.15, -0.1) is 5.10 Å². The zero-order valence-corrected chi connectivity index (χ0v) is 16.0. The van der Waals surface area contributed by atoms with Crippen LogP contribution in [0.3, 0.4) is 0 Å². The maximum absolute atomic E-state index is 5.21. The van der Waals surface area contributed by atoms with Gasteiger partial charge in [0.05, 0.1) is 17.9 Å². The van der Waals surface area contributed by atoms with Crippen LogP contribution in [0.5, 0.6) is 0 Å². The van der Waals surface area contributed by atoms with Crippen LogP contribution in [0, 0.1) is 5.92 Å². The first-order valence-corrected chi connectivity index (χ1v) is 9.67. The quantitative estimate of drug-likeness (QED) is 0.556. The van der Waals surface area contributed by atoms with Gasteiger partial charge in [0.2, 0.25) is 11.7 Å². The van der Waals surface area contributed by atoms with E-state index in [0.717, 1.165) is 54.0 Å². The second-order valence-corrected chi connectivity index (χ2v) is 7.39. The minimum absolute atomic E-state index is 0.424. The molecule has 4 aromatic rings. The van der Waals surface area contributed by atoms with Gasteiger partial charge in [-0.1, -0.05) is 6.92 Å². The topological polar surface area (TPSA) is 81.6 Å². The normalized spacial score (nSPS) is 19.2. The highest BCUT2D eigenvalue weighted by Crippen LogP contribution is 2.30. The van der Waals surface area contributed by atoms with E-state index in [-0.39, 0.29) is 0 Å². The molecule has 1 fully saturated rings. The molecule has 1 saturated carbocycles. The number of fused-ring (bicyclic) bond motifs is 2. The maximum atomic E-state index is 5.21. The lowest BCUT2D eigenvalue weighted by molar-refractivity contribution is 0.104. The summed E-state index contributed by atoms with van der Waals surface area (Å²) >= 11 is 0. The van der Waals surface area contributed by atoms with Crippen molar-refractivity contribution in [2.45, 2.75) is 32.2 Å². The van der Waals surface area contributed by atoms with Gasteiger partial charge in [0, 0.05) is 55.2 Å². The van der Waals surface area contributed by atoms with E-state index in [9.17, 15) is 0 Å². The van der Waals surface area contributed by atoms with Crippen molar-refractivity contribution in [2.24, 2.45) is 5.92 Å². The monoisotopic (exact) mass is 377 g/mol. The summed E-state index contributed by atoms with van der Waals surface area (Å²) in [6.07, 6.45) is 12.8. The lowest BCUT2D eigenvalue weighted by Crippen LogP contribution is -2.38. The second-order valence-electron chi connectivity index (χ2n) is 7.39. The molecule has 0 amide bonds. The highest BCUT2D eigenvalue weighted by atomic mass is 16.5. The van der Waals surface area contributed by atoms with E-state index in [1.54, 1.807) is 7.11 Å². The first kappa shape index (κ1) is 17.1. The second kappa shape index (κ2) is 6.87. The summed E-state index contributed by atoms with van der Waals surface area (Å²) in [5, 5.41) is 8.04.